The molecule has 3 N–H and O–H groups in total. The van der Waals surface area contributed by atoms with Crippen molar-refractivity contribution in [2.45, 2.75) is 39.3 Å². The van der Waals surface area contributed by atoms with Crippen LogP contribution in [0.5, 0.6) is 0 Å². The normalized spacial score (nSPS) is 11.9. The monoisotopic (exact) mass is 270 g/mol. The number of thiophene rings is 1. The number of aliphatic carboxylic acids is 1. The van der Waals surface area contributed by atoms with E-state index >= 15 is 0 Å². The summed E-state index contributed by atoms with van der Waals surface area (Å²) in [6, 6.07) is 1.60. The molecule has 0 saturated carbocycles. The molecule has 0 aliphatic rings. The minimum Gasteiger partial charge on any atom is -0.481 e. The van der Waals surface area contributed by atoms with Crippen molar-refractivity contribution in [1.82, 2.24) is 10.6 Å². The Bertz CT molecular complexity index is 417. The van der Waals surface area contributed by atoms with Crippen LogP contribution in [0.3, 0.4) is 0 Å². The predicted molar refractivity (Wildman–Crippen MR) is 70.8 cm³/mol. The number of nitrogens with one attached hydrogen (secondary N) is 2. The van der Waals surface area contributed by atoms with Crippen LogP contribution in [-0.4, -0.2) is 23.1 Å². The van der Waals surface area contributed by atoms with Crippen LogP contribution in [0, 0.1) is 6.92 Å². The Morgan fingerprint density at radius 3 is 2.78 bits per heavy atom. The van der Waals surface area contributed by atoms with Crippen LogP contribution >= 0.6 is 11.3 Å². The third kappa shape index (κ3) is 5.18. The first-order valence-electron chi connectivity index (χ1n) is 5.78. The first-order chi connectivity index (χ1) is 8.49. The molecule has 1 aromatic rings. The molecular formula is C12H18N2O3S. The van der Waals surface area contributed by atoms with Gasteiger partial charge in [0.15, 0.2) is 0 Å². The fourth-order valence-electron chi connectivity index (χ4n) is 1.43. The Kier molecular flexibility index (Phi) is 5.64. The van der Waals surface area contributed by atoms with E-state index in [1.54, 1.807) is 18.3 Å². The topological polar surface area (TPSA) is 78.4 Å². The van der Waals surface area contributed by atoms with E-state index in [-0.39, 0.29) is 18.5 Å². The summed E-state index contributed by atoms with van der Waals surface area (Å²) in [7, 11) is 0. The van der Waals surface area contributed by atoms with E-state index in [9.17, 15) is 9.59 Å². The molecule has 1 aromatic heterocycles. The maximum Gasteiger partial charge on any atom is 0.315 e. The molecule has 5 nitrogen and oxygen atoms in total. The van der Waals surface area contributed by atoms with Gasteiger partial charge in [-0.05, 0) is 37.3 Å². The number of aryl methyl sites for hydroxylation is 1. The van der Waals surface area contributed by atoms with Crippen LogP contribution in [0.25, 0.3) is 0 Å². The van der Waals surface area contributed by atoms with Crippen molar-refractivity contribution in [3.8, 4) is 0 Å². The van der Waals surface area contributed by atoms with Gasteiger partial charge in [0, 0.05) is 17.3 Å². The van der Waals surface area contributed by atoms with Crippen molar-refractivity contribution in [1.29, 1.82) is 0 Å². The summed E-state index contributed by atoms with van der Waals surface area (Å²) in [4.78, 5) is 23.0. The van der Waals surface area contributed by atoms with Gasteiger partial charge in [0.05, 0.1) is 6.54 Å². The Morgan fingerprint density at radius 1 is 1.50 bits per heavy atom. The highest BCUT2D eigenvalue weighted by atomic mass is 32.1. The van der Waals surface area contributed by atoms with E-state index in [2.05, 4.69) is 10.6 Å². The van der Waals surface area contributed by atoms with Gasteiger partial charge in [0.25, 0.3) is 0 Å². The number of carboxylic acid groups (broad SMARTS) is 1. The number of amides is 2. The van der Waals surface area contributed by atoms with Crippen molar-refractivity contribution in [2.24, 2.45) is 0 Å². The Balaban J connectivity index is 2.25. The lowest BCUT2D eigenvalue weighted by molar-refractivity contribution is -0.137. The van der Waals surface area contributed by atoms with Gasteiger partial charge in [0.1, 0.15) is 0 Å². The highest BCUT2D eigenvalue weighted by Gasteiger charge is 2.09. The minimum atomic E-state index is -0.849. The van der Waals surface area contributed by atoms with Crippen molar-refractivity contribution >= 4 is 23.3 Å². The molecule has 1 atom stereocenters. The summed E-state index contributed by atoms with van der Waals surface area (Å²) in [5.41, 5.74) is 1.17. The molecule has 0 spiro atoms. The number of urea groups is 1. The average Bonchev–Trinajstić information content (AvgIpc) is 2.69. The number of carbonyl (C=O) groups is 2. The maximum absolute atomic E-state index is 11.5. The third-order valence-electron chi connectivity index (χ3n) is 2.55. The Morgan fingerprint density at radius 2 is 2.22 bits per heavy atom. The molecule has 0 aliphatic heterocycles. The molecule has 1 rings (SSSR count). The SMILES string of the molecule is Cc1ccsc1CNC(=O)NC(C)CCC(=O)O. The molecule has 2 amide bonds. The highest BCUT2D eigenvalue weighted by molar-refractivity contribution is 7.10. The second kappa shape index (κ2) is 7.00. The quantitative estimate of drug-likeness (QED) is 0.740. The van der Waals surface area contributed by atoms with Gasteiger partial charge in [-0.2, -0.15) is 0 Å². The zero-order chi connectivity index (χ0) is 13.5. The van der Waals surface area contributed by atoms with E-state index in [1.165, 1.54) is 5.56 Å². The van der Waals surface area contributed by atoms with Gasteiger partial charge in [-0.1, -0.05) is 0 Å². The van der Waals surface area contributed by atoms with E-state index in [4.69, 9.17) is 5.11 Å². The van der Waals surface area contributed by atoms with Gasteiger partial charge < -0.3 is 15.7 Å². The summed E-state index contributed by atoms with van der Waals surface area (Å²) in [6.07, 6.45) is 0.492. The fraction of sp³-hybridized carbons (Fsp3) is 0.500. The van der Waals surface area contributed by atoms with Crippen LogP contribution < -0.4 is 10.6 Å². The lowest BCUT2D eigenvalue weighted by Crippen LogP contribution is -2.40. The highest BCUT2D eigenvalue weighted by Crippen LogP contribution is 2.14. The number of rotatable bonds is 6. The molecule has 6 heteroatoms. The summed E-state index contributed by atoms with van der Waals surface area (Å²) < 4.78 is 0. The smallest absolute Gasteiger partial charge is 0.315 e. The van der Waals surface area contributed by atoms with E-state index < -0.39 is 5.97 Å². The summed E-state index contributed by atoms with van der Waals surface area (Å²) in [6.45, 7) is 4.29. The first kappa shape index (κ1) is 14.5. The van der Waals surface area contributed by atoms with Gasteiger partial charge in [-0.25, -0.2) is 4.79 Å². The van der Waals surface area contributed by atoms with Crippen LogP contribution in [0.15, 0.2) is 11.4 Å². The largest absolute Gasteiger partial charge is 0.481 e. The average molecular weight is 270 g/mol. The molecule has 100 valence electrons. The Labute approximate surface area is 110 Å². The third-order valence-corrected chi connectivity index (χ3v) is 3.57. The number of hydrogen-bond acceptors (Lipinski definition) is 3. The zero-order valence-electron chi connectivity index (χ0n) is 10.5. The first-order valence-corrected chi connectivity index (χ1v) is 6.66. The molecule has 0 aliphatic carbocycles. The van der Waals surface area contributed by atoms with Crippen molar-refractivity contribution in [2.75, 3.05) is 0 Å². The molecule has 1 unspecified atom stereocenters. The van der Waals surface area contributed by atoms with Crippen LogP contribution in [0.4, 0.5) is 4.79 Å². The van der Waals surface area contributed by atoms with Crippen molar-refractivity contribution < 1.29 is 14.7 Å². The standard InChI is InChI=1S/C12H18N2O3S/c1-8-5-6-18-10(8)7-13-12(17)14-9(2)3-4-11(15)16/h5-6,9H,3-4,7H2,1-2H3,(H,15,16)(H2,13,14,17). The molecule has 18 heavy (non-hydrogen) atoms. The van der Waals surface area contributed by atoms with Gasteiger partial charge in [0.2, 0.25) is 0 Å². The zero-order valence-corrected chi connectivity index (χ0v) is 11.3. The summed E-state index contributed by atoms with van der Waals surface area (Å²) in [5, 5.41) is 16.0. The Hall–Kier alpha value is -1.56. The minimum absolute atomic E-state index is 0.0610. The van der Waals surface area contributed by atoms with Gasteiger partial charge in [-0.15, -0.1) is 11.3 Å². The number of carboxylic acids is 1. The van der Waals surface area contributed by atoms with Crippen LogP contribution in [-0.2, 0) is 11.3 Å². The van der Waals surface area contributed by atoms with Crippen LogP contribution in [0.1, 0.15) is 30.2 Å². The lowest BCUT2D eigenvalue weighted by Gasteiger charge is -2.13. The molecule has 0 saturated heterocycles. The second-order valence-corrected chi connectivity index (χ2v) is 5.19. The van der Waals surface area contributed by atoms with Gasteiger partial charge >= 0.3 is 12.0 Å². The van der Waals surface area contributed by atoms with Crippen molar-refractivity contribution in [3.63, 3.8) is 0 Å². The fourth-order valence-corrected chi connectivity index (χ4v) is 2.28. The van der Waals surface area contributed by atoms with Crippen LogP contribution in [0.2, 0.25) is 0 Å². The van der Waals surface area contributed by atoms with E-state index in [0.717, 1.165) is 4.88 Å². The summed E-state index contributed by atoms with van der Waals surface area (Å²) >= 11 is 1.60. The molecular weight excluding hydrogens is 252 g/mol. The molecule has 0 fully saturated rings. The summed E-state index contributed by atoms with van der Waals surface area (Å²) in [5.74, 6) is -0.849. The molecule has 0 aromatic carbocycles. The number of carbonyl (C=O) groups excluding carboxylic acids is 1. The lowest BCUT2D eigenvalue weighted by atomic mass is 10.2. The second-order valence-electron chi connectivity index (χ2n) is 4.19. The van der Waals surface area contributed by atoms with Gasteiger partial charge in [-0.3, -0.25) is 4.79 Å². The van der Waals surface area contributed by atoms with E-state index in [1.807, 2.05) is 18.4 Å². The molecule has 0 radical (unpaired) electrons. The van der Waals surface area contributed by atoms with Crippen molar-refractivity contribution in [3.05, 3.63) is 21.9 Å². The predicted octanol–water partition coefficient (Wildman–Crippen LogP) is 2.11. The molecule has 1 heterocycles. The maximum atomic E-state index is 11.5. The van der Waals surface area contributed by atoms with E-state index in [0.29, 0.717) is 13.0 Å². The number of hydrogen-bond donors (Lipinski definition) is 3. The molecule has 0 bridgehead atoms.